The Bertz CT molecular complexity index is 396. The van der Waals surface area contributed by atoms with Crippen LogP contribution in [0.2, 0.25) is 5.02 Å². The number of nitrogens with zero attached hydrogens (tertiary/aromatic N) is 1. The fraction of sp³-hybridized carbons (Fsp3) is 0.364. The lowest BCUT2D eigenvalue weighted by molar-refractivity contribution is 0.0704. The maximum atomic E-state index is 12.0. The zero-order valence-electron chi connectivity index (χ0n) is 9.08. The van der Waals surface area contributed by atoms with Crippen LogP contribution >= 0.6 is 27.5 Å². The zero-order valence-corrected chi connectivity index (χ0v) is 11.4. The highest BCUT2D eigenvalue weighted by molar-refractivity contribution is 9.10. The predicted octanol–water partition coefficient (Wildman–Crippen LogP) is 2.56. The summed E-state index contributed by atoms with van der Waals surface area (Å²) < 4.78 is 0.686. The first-order chi connectivity index (χ1) is 7.43. The summed E-state index contributed by atoms with van der Waals surface area (Å²) >= 11 is 9.27. The van der Waals surface area contributed by atoms with Gasteiger partial charge in [0.15, 0.2) is 0 Å². The Kier molecular flexibility index (Phi) is 4.77. The molecule has 16 heavy (non-hydrogen) atoms. The van der Waals surface area contributed by atoms with E-state index in [0.29, 0.717) is 15.1 Å². The van der Waals surface area contributed by atoms with Crippen LogP contribution in [0.25, 0.3) is 0 Å². The molecule has 0 aliphatic heterocycles. The van der Waals surface area contributed by atoms with Crippen molar-refractivity contribution in [3.63, 3.8) is 0 Å². The molecule has 1 aromatic rings. The number of carbonyl (C=O) groups excluding carboxylic acids is 1. The van der Waals surface area contributed by atoms with E-state index in [2.05, 4.69) is 15.9 Å². The fourth-order valence-corrected chi connectivity index (χ4v) is 1.93. The van der Waals surface area contributed by atoms with Crippen molar-refractivity contribution in [3.05, 3.63) is 33.3 Å². The van der Waals surface area contributed by atoms with E-state index < -0.39 is 6.10 Å². The smallest absolute Gasteiger partial charge is 0.255 e. The molecular weight excluding hydrogens is 293 g/mol. The third-order valence-corrected chi connectivity index (χ3v) is 3.36. The first-order valence-electron chi connectivity index (χ1n) is 4.81. The average molecular weight is 307 g/mol. The van der Waals surface area contributed by atoms with Gasteiger partial charge in [-0.15, -0.1) is 0 Å². The number of halogens is 2. The molecule has 5 heteroatoms. The van der Waals surface area contributed by atoms with E-state index >= 15 is 0 Å². The second-order valence-corrected chi connectivity index (χ2v) is 4.87. The molecule has 0 radical (unpaired) electrons. The highest BCUT2D eigenvalue weighted by Gasteiger charge is 2.17. The molecule has 1 rings (SSSR count). The SMILES string of the molecule is CC(O)CN(C)C(=O)c1cccc(Br)c1Cl. The van der Waals surface area contributed by atoms with Crippen LogP contribution in [0.5, 0.6) is 0 Å². The number of hydrogen-bond donors (Lipinski definition) is 1. The minimum Gasteiger partial charge on any atom is -0.392 e. The van der Waals surface area contributed by atoms with Gasteiger partial charge in [0.25, 0.3) is 5.91 Å². The molecule has 0 aliphatic carbocycles. The maximum absolute atomic E-state index is 12.0. The van der Waals surface area contributed by atoms with Gasteiger partial charge >= 0.3 is 0 Å². The Labute approximate surface area is 108 Å². The molecule has 1 N–H and O–H groups in total. The van der Waals surface area contributed by atoms with Gasteiger partial charge in [-0.05, 0) is 35.0 Å². The third kappa shape index (κ3) is 3.20. The van der Waals surface area contributed by atoms with Crippen LogP contribution in [0.4, 0.5) is 0 Å². The molecule has 1 amide bonds. The molecule has 0 aliphatic rings. The Morgan fingerprint density at radius 3 is 2.81 bits per heavy atom. The zero-order chi connectivity index (χ0) is 12.3. The lowest BCUT2D eigenvalue weighted by Crippen LogP contribution is -2.33. The Morgan fingerprint density at radius 1 is 1.62 bits per heavy atom. The van der Waals surface area contributed by atoms with Crippen LogP contribution in [0, 0.1) is 0 Å². The van der Waals surface area contributed by atoms with Gasteiger partial charge in [-0.1, -0.05) is 17.7 Å². The quantitative estimate of drug-likeness (QED) is 0.932. The third-order valence-electron chi connectivity index (χ3n) is 2.07. The van der Waals surface area contributed by atoms with E-state index in [-0.39, 0.29) is 12.5 Å². The lowest BCUT2D eigenvalue weighted by Gasteiger charge is -2.19. The van der Waals surface area contributed by atoms with Gasteiger partial charge in [0, 0.05) is 18.1 Å². The summed E-state index contributed by atoms with van der Waals surface area (Å²) in [6.45, 7) is 1.91. The highest BCUT2D eigenvalue weighted by Crippen LogP contribution is 2.26. The molecule has 0 fully saturated rings. The van der Waals surface area contributed by atoms with E-state index in [9.17, 15) is 9.90 Å². The van der Waals surface area contributed by atoms with Gasteiger partial charge in [0.2, 0.25) is 0 Å². The Hall–Kier alpha value is -0.580. The number of hydrogen-bond acceptors (Lipinski definition) is 2. The summed E-state index contributed by atoms with van der Waals surface area (Å²) in [5, 5.41) is 9.60. The van der Waals surface area contributed by atoms with E-state index in [4.69, 9.17) is 11.6 Å². The average Bonchev–Trinajstić information content (AvgIpc) is 2.20. The van der Waals surface area contributed by atoms with Crippen molar-refractivity contribution in [2.75, 3.05) is 13.6 Å². The lowest BCUT2D eigenvalue weighted by atomic mass is 10.2. The second kappa shape index (κ2) is 5.66. The van der Waals surface area contributed by atoms with Crippen LogP contribution in [-0.4, -0.2) is 35.6 Å². The summed E-state index contributed by atoms with van der Waals surface area (Å²) in [4.78, 5) is 13.4. The van der Waals surface area contributed by atoms with Gasteiger partial charge in [0.1, 0.15) is 0 Å². The normalized spacial score (nSPS) is 12.3. The number of carbonyl (C=O) groups is 1. The maximum Gasteiger partial charge on any atom is 0.255 e. The van der Waals surface area contributed by atoms with Crippen LogP contribution in [-0.2, 0) is 0 Å². The van der Waals surface area contributed by atoms with Crippen molar-refractivity contribution in [1.29, 1.82) is 0 Å². The first kappa shape index (κ1) is 13.5. The van der Waals surface area contributed by atoms with E-state index in [0.717, 1.165) is 0 Å². The second-order valence-electron chi connectivity index (χ2n) is 3.64. The summed E-state index contributed by atoms with van der Waals surface area (Å²) in [7, 11) is 1.63. The molecule has 0 saturated carbocycles. The Morgan fingerprint density at radius 2 is 2.25 bits per heavy atom. The molecule has 1 aromatic carbocycles. The molecule has 0 heterocycles. The molecule has 3 nitrogen and oxygen atoms in total. The van der Waals surface area contributed by atoms with Gasteiger partial charge in [-0.3, -0.25) is 4.79 Å². The molecule has 0 aromatic heterocycles. The van der Waals surface area contributed by atoms with Crippen molar-refractivity contribution < 1.29 is 9.90 Å². The van der Waals surface area contributed by atoms with Gasteiger partial charge in [-0.25, -0.2) is 0 Å². The van der Waals surface area contributed by atoms with Crippen molar-refractivity contribution in [1.82, 2.24) is 4.90 Å². The molecule has 88 valence electrons. The van der Waals surface area contributed by atoms with Crippen molar-refractivity contribution >= 4 is 33.4 Å². The van der Waals surface area contributed by atoms with Crippen LogP contribution in [0.3, 0.4) is 0 Å². The van der Waals surface area contributed by atoms with E-state index in [1.807, 2.05) is 0 Å². The number of aliphatic hydroxyl groups excluding tert-OH is 1. The monoisotopic (exact) mass is 305 g/mol. The summed E-state index contributed by atoms with van der Waals surface area (Å²) in [5.41, 5.74) is 0.430. The number of aliphatic hydroxyl groups is 1. The molecule has 0 spiro atoms. The molecule has 1 unspecified atom stereocenters. The standard InChI is InChI=1S/C11H13BrClNO2/c1-7(15)6-14(2)11(16)8-4-3-5-9(12)10(8)13/h3-5,7,15H,6H2,1-2H3. The van der Waals surface area contributed by atoms with Gasteiger partial charge in [-0.2, -0.15) is 0 Å². The Balaban J connectivity index is 2.92. The van der Waals surface area contributed by atoms with Crippen molar-refractivity contribution in [2.45, 2.75) is 13.0 Å². The molecule has 0 bridgehead atoms. The van der Waals surface area contributed by atoms with Crippen molar-refractivity contribution in [3.8, 4) is 0 Å². The number of benzene rings is 1. The molecular formula is C11H13BrClNO2. The van der Waals surface area contributed by atoms with Crippen molar-refractivity contribution in [2.24, 2.45) is 0 Å². The highest BCUT2D eigenvalue weighted by atomic mass is 79.9. The van der Waals surface area contributed by atoms with E-state index in [1.165, 1.54) is 4.90 Å². The van der Waals surface area contributed by atoms with Gasteiger partial charge < -0.3 is 10.0 Å². The summed E-state index contributed by atoms with van der Waals surface area (Å²) in [5.74, 6) is -0.202. The number of likely N-dealkylation sites (N-methyl/N-ethyl adjacent to an activating group) is 1. The number of amides is 1. The predicted molar refractivity (Wildman–Crippen MR) is 67.8 cm³/mol. The van der Waals surface area contributed by atoms with E-state index in [1.54, 1.807) is 32.2 Å². The molecule has 1 atom stereocenters. The van der Waals surface area contributed by atoms with Crippen LogP contribution < -0.4 is 0 Å². The van der Waals surface area contributed by atoms with Crippen LogP contribution in [0.15, 0.2) is 22.7 Å². The minimum absolute atomic E-state index is 0.202. The topological polar surface area (TPSA) is 40.5 Å². The summed E-state index contributed by atoms with van der Waals surface area (Å²) in [6, 6.07) is 5.18. The first-order valence-corrected chi connectivity index (χ1v) is 5.98. The minimum atomic E-state index is -0.556. The molecule has 0 saturated heterocycles. The summed E-state index contributed by atoms with van der Waals surface area (Å²) in [6.07, 6.45) is -0.556. The fourth-order valence-electron chi connectivity index (χ4n) is 1.35. The largest absolute Gasteiger partial charge is 0.392 e. The van der Waals surface area contributed by atoms with Gasteiger partial charge in [0.05, 0.1) is 16.7 Å². The van der Waals surface area contributed by atoms with Crippen LogP contribution in [0.1, 0.15) is 17.3 Å². The number of rotatable bonds is 3.